The molecular weight excluding hydrogens is 450 g/mol. The van der Waals surface area contributed by atoms with E-state index in [1.807, 2.05) is 12.1 Å². The summed E-state index contributed by atoms with van der Waals surface area (Å²) in [4.78, 5) is 26.3. The van der Waals surface area contributed by atoms with Gasteiger partial charge in [0, 0.05) is 5.56 Å². The molecule has 0 aliphatic carbocycles. The highest BCUT2D eigenvalue weighted by molar-refractivity contribution is 6.26. The summed E-state index contributed by atoms with van der Waals surface area (Å²) in [7, 11) is 0. The molecule has 2 aromatic carbocycles. The number of carbonyl (C=O) groups excluding carboxylic acids is 2. The summed E-state index contributed by atoms with van der Waals surface area (Å²) in [6.07, 6.45) is 0. The predicted octanol–water partition coefficient (Wildman–Crippen LogP) is 6.67. The second kappa shape index (κ2) is 9.23. The van der Waals surface area contributed by atoms with Crippen LogP contribution in [0, 0.1) is 5.82 Å². The zero-order chi connectivity index (χ0) is 22.2. The Morgan fingerprint density at radius 1 is 0.867 bits per heavy atom. The standard InChI is InChI=1S/C22H26Cl2FN2O2.ClH/c1-21(2,3)17-11-7-16(8-12-17)20(29)27(24,22(4,5)6)26(23)19(28)15-9-13-18(25)14-10-15;/h7-14H,1-6H3;1H/q+1;. The predicted molar refractivity (Wildman–Crippen MR) is 121 cm³/mol. The summed E-state index contributed by atoms with van der Waals surface area (Å²) in [5, 5.41) is 0. The van der Waals surface area contributed by atoms with E-state index < -0.39 is 27.3 Å². The topological polar surface area (TPSA) is 37.4 Å². The number of hydrogen-bond donors (Lipinski definition) is 0. The Hall–Kier alpha value is -1.66. The molecule has 0 spiro atoms. The van der Waals surface area contributed by atoms with Crippen LogP contribution in [0.3, 0.4) is 0 Å². The molecule has 1 atom stereocenters. The van der Waals surface area contributed by atoms with Gasteiger partial charge in [-0.15, -0.1) is 12.4 Å². The van der Waals surface area contributed by atoms with Gasteiger partial charge in [-0.05, 0) is 72.3 Å². The minimum absolute atomic E-state index is 0. The zero-order valence-electron chi connectivity index (χ0n) is 17.9. The third kappa shape index (κ3) is 5.14. The molecule has 0 aromatic heterocycles. The van der Waals surface area contributed by atoms with E-state index in [2.05, 4.69) is 20.8 Å². The summed E-state index contributed by atoms with van der Waals surface area (Å²) in [6.45, 7) is 11.3. The van der Waals surface area contributed by atoms with Crippen molar-refractivity contribution in [1.82, 2.24) is 4.53 Å². The lowest BCUT2D eigenvalue weighted by Gasteiger charge is -2.40. The number of hydrogen-bond acceptors (Lipinski definition) is 2. The summed E-state index contributed by atoms with van der Waals surface area (Å²) in [5.41, 5.74) is 0.460. The molecule has 0 N–H and O–H groups in total. The van der Waals surface area contributed by atoms with E-state index in [0.717, 1.165) is 17.7 Å². The van der Waals surface area contributed by atoms with E-state index in [9.17, 15) is 14.0 Å². The van der Waals surface area contributed by atoms with Gasteiger partial charge in [-0.25, -0.2) is 9.18 Å². The van der Waals surface area contributed by atoms with Crippen LogP contribution in [0.1, 0.15) is 67.8 Å². The van der Waals surface area contributed by atoms with Crippen LogP contribution in [0.5, 0.6) is 0 Å². The highest BCUT2D eigenvalue weighted by Gasteiger charge is 2.56. The van der Waals surface area contributed by atoms with Gasteiger partial charge >= 0.3 is 11.8 Å². The van der Waals surface area contributed by atoms with Gasteiger partial charge in [0.15, 0.2) is 0 Å². The van der Waals surface area contributed by atoms with E-state index in [1.165, 1.54) is 12.1 Å². The van der Waals surface area contributed by atoms with Crippen molar-refractivity contribution in [3.8, 4) is 0 Å². The summed E-state index contributed by atoms with van der Waals surface area (Å²) in [5.74, 6) is -1.75. The maximum atomic E-state index is 13.4. The van der Waals surface area contributed by atoms with Crippen molar-refractivity contribution in [2.24, 2.45) is 0 Å². The van der Waals surface area contributed by atoms with Crippen LogP contribution in [0.2, 0.25) is 0 Å². The first-order valence-electron chi connectivity index (χ1n) is 9.20. The SMILES string of the molecule is CC(C)(C)c1ccc(C(=O)[N+](Cl)(N(Cl)C(=O)c2ccc(F)cc2)C(C)(C)C)cc1.Cl. The van der Waals surface area contributed by atoms with Crippen molar-refractivity contribution in [2.75, 3.05) is 0 Å². The minimum Gasteiger partial charge on any atom is -0.262 e. The first-order chi connectivity index (χ1) is 13.2. The van der Waals surface area contributed by atoms with Gasteiger partial charge in [-0.1, -0.05) is 37.4 Å². The van der Waals surface area contributed by atoms with E-state index in [0.29, 0.717) is 10.1 Å². The van der Waals surface area contributed by atoms with Crippen molar-refractivity contribution in [1.29, 1.82) is 0 Å². The molecule has 8 heteroatoms. The third-order valence-electron chi connectivity index (χ3n) is 4.66. The molecule has 30 heavy (non-hydrogen) atoms. The maximum Gasteiger partial charge on any atom is 0.390 e. The molecule has 4 nitrogen and oxygen atoms in total. The van der Waals surface area contributed by atoms with Crippen molar-refractivity contribution < 1.29 is 18.1 Å². The van der Waals surface area contributed by atoms with Gasteiger partial charge < -0.3 is 0 Å². The smallest absolute Gasteiger partial charge is 0.262 e. The van der Waals surface area contributed by atoms with Crippen molar-refractivity contribution in [3.63, 3.8) is 0 Å². The Morgan fingerprint density at radius 3 is 1.70 bits per heavy atom. The minimum atomic E-state index is -1.01. The monoisotopic (exact) mass is 475 g/mol. The normalized spacial score (nSPS) is 13.8. The van der Waals surface area contributed by atoms with Crippen LogP contribution in [0.15, 0.2) is 48.5 Å². The van der Waals surface area contributed by atoms with Gasteiger partial charge in [0.1, 0.15) is 11.4 Å². The number of quaternary nitrogens is 1. The summed E-state index contributed by atoms with van der Waals surface area (Å²) in [6, 6.07) is 11.9. The highest BCUT2D eigenvalue weighted by Crippen LogP contribution is 2.37. The van der Waals surface area contributed by atoms with Gasteiger partial charge in [0.25, 0.3) is 0 Å². The molecule has 0 radical (unpaired) electrons. The second-order valence-electron chi connectivity index (χ2n) is 8.93. The Morgan fingerprint density at radius 2 is 1.30 bits per heavy atom. The average Bonchev–Trinajstić information content (AvgIpc) is 2.64. The molecule has 0 saturated heterocycles. The van der Waals surface area contributed by atoms with E-state index >= 15 is 0 Å². The van der Waals surface area contributed by atoms with Crippen molar-refractivity contribution in [2.45, 2.75) is 52.5 Å². The number of benzene rings is 2. The second-order valence-corrected chi connectivity index (χ2v) is 9.74. The molecule has 2 aromatic rings. The van der Waals surface area contributed by atoms with E-state index in [1.54, 1.807) is 32.9 Å². The number of carbonyl (C=O) groups is 2. The summed E-state index contributed by atoms with van der Waals surface area (Å²) < 4.78 is 12.8. The number of nitrogens with zero attached hydrogens (tertiary/aromatic N) is 2. The number of amides is 2. The van der Waals surface area contributed by atoms with Crippen LogP contribution in [0.25, 0.3) is 0 Å². The fourth-order valence-electron chi connectivity index (χ4n) is 2.76. The molecule has 2 amide bonds. The Labute approximate surface area is 193 Å². The lowest BCUT2D eigenvalue weighted by molar-refractivity contribution is -0.871. The van der Waals surface area contributed by atoms with Gasteiger partial charge in [0.05, 0.1) is 17.3 Å². The molecular formula is C22H27Cl3FN2O2+. The summed E-state index contributed by atoms with van der Waals surface area (Å²) >= 11 is 13.1. The molecule has 0 aliphatic rings. The molecule has 1 unspecified atom stereocenters. The van der Waals surface area contributed by atoms with Crippen LogP contribution in [0.4, 0.5) is 4.39 Å². The number of halogens is 4. The Bertz CT molecular complexity index is 904. The van der Waals surface area contributed by atoms with Crippen LogP contribution in [-0.2, 0) is 5.41 Å². The van der Waals surface area contributed by atoms with Gasteiger partial charge in [-0.2, -0.15) is 0 Å². The highest BCUT2D eigenvalue weighted by atomic mass is 35.5. The average molecular weight is 477 g/mol. The molecule has 164 valence electrons. The first-order valence-corrected chi connectivity index (χ1v) is 9.87. The zero-order valence-corrected chi connectivity index (χ0v) is 20.2. The molecule has 0 heterocycles. The molecule has 2 rings (SSSR count). The van der Waals surface area contributed by atoms with E-state index in [-0.39, 0.29) is 23.4 Å². The molecule has 0 bridgehead atoms. The number of rotatable bonds is 2. The third-order valence-corrected chi connectivity index (χ3v) is 5.93. The maximum absolute atomic E-state index is 13.4. The van der Waals surface area contributed by atoms with Crippen LogP contribution < -0.4 is 0 Å². The Balaban J connectivity index is 0.00000450. The van der Waals surface area contributed by atoms with Crippen LogP contribution >= 0.6 is 36.0 Å². The largest absolute Gasteiger partial charge is 0.390 e. The lowest BCUT2D eigenvalue weighted by Crippen LogP contribution is -2.64. The van der Waals surface area contributed by atoms with Gasteiger partial charge in [-0.3, -0.25) is 4.79 Å². The lowest BCUT2D eigenvalue weighted by atomic mass is 9.86. The van der Waals surface area contributed by atoms with E-state index in [4.69, 9.17) is 23.6 Å². The molecule has 0 fully saturated rings. The first kappa shape index (κ1) is 26.4. The fourth-order valence-corrected chi connectivity index (χ4v) is 3.32. The van der Waals surface area contributed by atoms with Crippen LogP contribution in [-0.4, -0.2) is 26.0 Å². The molecule has 0 saturated carbocycles. The fraction of sp³-hybridized carbons (Fsp3) is 0.364. The van der Waals surface area contributed by atoms with Crippen molar-refractivity contribution >= 4 is 47.8 Å². The molecule has 0 aliphatic heterocycles. The quantitative estimate of drug-likeness (QED) is 0.359. The van der Waals surface area contributed by atoms with Crippen molar-refractivity contribution in [3.05, 3.63) is 71.0 Å². The Kier molecular flexibility index (Phi) is 8.11. The van der Waals surface area contributed by atoms with Gasteiger partial charge in [0.2, 0.25) is 11.8 Å².